The van der Waals surface area contributed by atoms with E-state index in [1.807, 2.05) is 6.92 Å². The molecule has 0 saturated heterocycles. The van der Waals surface area contributed by atoms with Crippen LogP contribution in [0.5, 0.6) is 0 Å². The van der Waals surface area contributed by atoms with Gasteiger partial charge < -0.3 is 10.5 Å². The molecule has 0 aliphatic carbocycles. The Morgan fingerprint density at radius 3 is 2.36 bits per heavy atom. The highest BCUT2D eigenvalue weighted by molar-refractivity contribution is 4.68. The van der Waals surface area contributed by atoms with Crippen molar-refractivity contribution in [1.29, 1.82) is 0 Å². The fraction of sp³-hybridized carbons (Fsp3) is 1.00. The number of hydrogen-bond donors (Lipinski definition) is 1. The first-order chi connectivity index (χ1) is 4.98. The zero-order chi connectivity index (χ0) is 8.91. The van der Waals surface area contributed by atoms with Crippen LogP contribution in [-0.2, 0) is 4.74 Å². The van der Waals surface area contributed by atoms with Gasteiger partial charge in [0.2, 0.25) is 0 Å². The van der Waals surface area contributed by atoms with Crippen LogP contribution >= 0.6 is 0 Å². The molecule has 11 heavy (non-hydrogen) atoms. The van der Waals surface area contributed by atoms with E-state index < -0.39 is 0 Å². The lowest BCUT2D eigenvalue weighted by molar-refractivity contribution is 0.0133. The maximum absolute atomic E-state index is 5.62. The van der Waals surface area contributed by atoms with Crippen LogP contribution in [0.2, 0.25) is 0 Å². The van der Waals surface area contributed by atoms with Gasteiger partial charge in [0.1, 0.15) is 0 Å². The number of methoxy groups -OCH3 is 1. The van der Waals surface area contributed by atoms with Crippen molar-refractivity contribution >= 4 is 0 Å². The molecule has 1 atom stereocenters. The molecule has 0 amide bonds. The number of hydrogen-bond acceptors (Lipinski definition) is 2. The van der Waals surface area contributed by atoms with E-state index in [0.29, 0.717) is 6.04 Å². The summed E-state index contributed by atoms with van der Waals surface area (Å²) < 4.78 is 5.28. The summed E-state index contributed by atoms with van der Waals surface area (Å²) in [6.45, 7) is 6.25. The minimum Gasteiger partial charge on any atom is -0.379 e. The van der Waals surface area contributed by atoms with Crippen molar-refractivity contribution in [3.05, 3.63) is 0 Å². The minimum atomic E-state index is 0.0227. The van der Waals surface area contributed by atoms with E-state index in [-0.39, 0.29) is 5.60 Å². The molecule has 2 heteroatoms. The van der Waals surface area contributed by atoms with Gasteiger partial charge in [-0.15, -0.1) is 0 Å². The molecule has 1 unspecified atom stereocenters. The van der Waals surface area contributed by atoms with Crippen LogP contribution < -0.4 is 5.73 Å². The van der Waals surface area contributed by atoms with Gasteiger partial charge in [-0.05, 0) is 40.0 Å². The van der Waals surface area contributed by atoms with Crippen LogP contribution in [0.4, 0.5) is 0 Å². The summed E-state index contributed by atoms with van der Waals surface area (Å²) in [5.74, 6) is 0. The highest BCUT2D eigenvalue weighted by Crippen LogP contribution is 2.16. The Kier molecular flexibility index (Phi) is 4.69. The van der Waals surface area contributed by atoms with Crippen molar-refractivity contribution in [1.82, 2.24) is 0 Å². The van der Waals surface area contributed by atoms with E-state index >= 15 is 0 Å². The average Bonchev–Trinajstić information content (AvgIpc) is 1.87. The standard InChI is InChI=1S/C9H21NO/c1-8(10)6-5-7-9(2,3)11-4/h8H,5-7,10H2,1-4H3. The molecule has 0 radical (unpaired) electrons. The molecule has 2 nitrogen and oxygen atoms in total. The van der Waals surface area contributed by atoms with Crippen molar-refractivity contribution < 1.29 is 4.74 Å². The Hall–Kier alpha value is -0.0800. The highest BCUT2D eigenvalue weighted by atomic mass is 16.5. The predicted octanol–water partition coefficient (Wildman–Crippen LogP) is 1.93. The molecule has 0 fully saturated rings. The summed E-state index contributed by atoms with van der Waals surface area (Å²) >= 11 is 0. The van der Waals surface area contributed by atoms with Crippen molar-refractivity contribution in [3.8, 4) is 0 Å². The quantitative estimate of drug-likeness (QED) is 0.665. The molecule has 0 aromatic heterocycles. The second kappa shape index (κ2) is 4.73. The van der Waals surface area contributed by atoms with Crippen LogP contribution in [-0.4, -0.2) is 18.8 Å². The predicted molar refractivity (Wildman–Crippen MR) is 48.6 cm³/mol. The second-order valence-electron chi connectivity index (χ2n) is 3.83. The van der Waals surface area contributed by atoms with E-state index in [1.165, 1.54) is 0 Å². The Morgan fingerprint density at radius 2 is 2.00 bits per heavy atom. The number of nitrogens with two attached hydrogens (primary N) is 1. The molecule has 68 valence electrons. The van der Waals surface area contributed by atoms with Gasteiger partial charge in [0, 0.05) is 13.2 Å². The molecule has 0 aromatic carbocycles. The van der Waals surface area contributed by atoms with E-state index in [2.05, 4.69) is 13.8 Å². The smallest absolute Gasteiger partial charge is 0.0622 e. The van der Waals surface area contributed by atoms with Gasteiger partial charge in [0.05, 0.1) is 5.60 Å². The van der Waals surface area contributed by atoms with E-state index in [9.17, 15) is 0 Å². The number of ether oxygens (including phenoxy) is 1. The summed E-state index contributed by atoms with van der Waals surface area (Å²) in [5, 5.41) is 0. The summed E-state index contributed by atoms with van der Waals surface area (Å²) in [6, 6.07) is 0.322. The summed E-state index contributed by atoms with van der Waals surface area (Å²) in [5.41, 5.74) is 5.65. The van der Waals surface area contributed by atoms with Crippen molar-refractivity contribution in [2.75, 3.05) is 7.11 Å². The lowest BCUT2D eigenvalue weighted by Gasteiger charge is -2.22. The fourth-order valence-corrected chi connectivity index (χ4v) is 0.952. The molecule has 0 saturated carbocycles. The third-order valence-corrected chi connectivity index (χ3v) is 1.99. The van der Waals surface area contributed by atoms with Gasteiger partial charge in [0.15, 0.2) is 0 Å². The van der Waals surface area contributed by atoms with Crippen molar-refractivity contribution in [2.24, 2.45) is 5.73 Å². The van der Waals surface area contributed by atoms with Gasteiger partial charge in [-0.25, -0.2) is 0 Å². The monoisotopic (exact) mass is 159 g/mol. The Morgan fingerprint density at radius 1 is 1.45 bits per heavy atom. The summed E-state index contributed by atoms with van der Waals surface area (Å²) in [6.07, 6.45) is 3.33. The van der Waals surface area contributed by atoms with Crippen LogP contribution in [0.15, 0.2) is 0 Å². The van der Waals surface area contributed by atoms with Crippen molar-refractivity contribution in [3.63, 3.8) is 0 Å². The summed E-state index contributed by atoms with van der Waals surface area (Å²) in [7, 11) is 1.76. The Bertz CT molecular complexity index is 99.7. The Balaban J connectivity index is 3.38. The third-order valence-electron chi connectivity index (χ3n) is 1.99. The first kappa shape index (κ1) is 10.9. The van der Waals surface area contributed by atoms with Gasteiger partial charge in [-0.1, -0.05) is 0 Å². The third kappa shape index (κ3) is 6.32. The highest BCUT2D eigenvalue weighted by Gasteiger charge is 2.15. The molecule has 0 heterocycles. The molecule has 0 aliphatic heterocycles. The maximum Gasteiger partial charge on any atom is 0.0622 e. The van der Waals surface area contributed by atoms with Gasteiger partial charge in [0.25, 0.3) is 0 Å². The molecular weight excluding hydrogens is 138 g/mol. The average molecular weight is 159 g/mol. The Labute approximate surface area is 70.1 Å². The normalized spacial score (nSPS) is 15.0. The second-order valence-corrected chi connectivity index (χ2v) is 3.83. The topological polar surface area (TPSA) is 35.2 Å². The molecule has 0 aliphatic rings. The van der Waals surface area contributed by atoms with E-state index in [1.54, 1.807) is 7.11 Å². The zero-order valence-corrected chi connectivity index (χ0v) is 8.18. The largest absolute Gasteiger partial charge is 0.379 e. The number of rotatable bonds is 5. The lowest BCUT2D eigenvalue weighted by atomic mass is 10.00. The van der Waals surface area contributed by atoms with E-state index in [4.69, 9.17) is 10.5 Å². The minimum absolute atomic E-state index is 0.0227. The molecule has 0 bridgehead atoms. The van der Waals surface area contributed by atoms with Gasteiger partial charge >= 0.3 is 0 Å². The summed E-state index contributed by atoms with van der Waals surface area (Å²) in [4.78, 5) is 0. The molecule has 2 N–H and O–H groups in total. The van der Waals surface area contributed by atoms with Gasteiger partial charge in [-0.3, -0.25) is 0 Å². The van der Waals surface area contributed by atoms with Crippen LogP contribution in [0.3, 0.4) is 0 Å². The van der Waals surface area contributed by atoms with E-state index in [0.717, 1.165) is 19.3 Å². The maximum atomic E-state index is 5.62. The van der Waals surface area contributed by atoms with Crippen LogP contribution in [0, 0.1) is 0 Å². The van der Waals surface area contributed by atoms with Crippen molar-refractivity contribution in [2.45, 2.75) is 51.7 Å². The van der Waals surface area contributed by atoms with Crippen LogP contribution in [0.25, 0.3) is 0 Å². The lowest BCUT2D eigenvalue weighted by Crippen LogP contribution is -2.23. The molecular formula is C9H21NO. The molecule has 0 rings (SSSR count). The molecule has 0 spiro atoms. The fourth-order valence-electron chi connectivity index (χ4n) is 0.952. The first-order valence-electron chi connectivity index (χ1n) is 4.28. The van der Waals surface area contributed by atoms with Crippen LogP contribution in [0.1, 0.15) is 40.0 Å². The zero-order valence-electron chi connectivity index (χ0n) is 8.18. The first-order valence-corrected chi connectivity index (χ1v) is 4.28. The van der Waals surface area contributed by atoms with Gasteiger partial charge in [-0.2, -0.15) is 0 Å². The SMILES string of the molecule is COC(C)(C)CCCC(C)N. The molecule has 0 aromatic rings.